The second-order valence-electron chi connectivity index (χ2n) is 4.20. The Hall–Kier alpha value is -2.36. The largest absolute Gasteiger partial charge is 0.385 e. The Kier molecular flexibility index (Phi) is 4.13. The van der Waals surface area contributed by atoms with Crippen molar-refractivity contribution in [3.8, 4) is 0 Å². The van der Waals surface area contributed by atoms with Gasteiger partial charge >= 0.3 is 0 Å². The lowest BCUT2D eigenvalue weighted by molar-refractivity contribution is 0.102. The highest BCUT2D eigenvalue weighted by molar-refractivity contribution is 6.07. The fourth-order valence-electron chi connectivity index (χ4n) is 1.82. The van der Waals surface area contributed by atoms with E-state index in [4.69, 9.17) is 0 Å². The van der Waals surface area contributed by atoms with Crippen molar-refractivity contribution >= 4 is 17.4 Å². The van der Waals surface area contributed by atoms with Gasteiger partial charge in [-0.3, -0.25) is 4.79 Å². The number of para-hydroxylation sites is 1. The van der Waals surface area contributed by atoms with Gasteiger partial charge in [-0.1, -0.05) is 18.2 Å². The van der Waals surface area contributed by atoms with Crippen LogP contribution in [-0.2, 0) is 0 Å². The highest BCUT2D eigenvalue weighted by Gasteiger charge is 2.11. The molecular formula is C15H17N3O. The van der Waals surface area contributed by atoms with Gasteiger partial charge in [-0.15, -0.1) is 0 Å². The molecule has 1 aromatic carbocycles. The summed E-state index contributed by atoms with van der Waals surface area (Å²) in [5.74, 6) is 0.442. The normalized spacial score (nSPS) is 10.0. The zero-order valence-electron chi connectivity index (χ0n) is 11.1. The number of aryl methyl sites for hydroxylation is 1. The average Bonchev–Trinajstić information content (AvgIpc) is 2.42. The average molecular weight is 255 g/mol. The first-order chi connectivity index (χ1) is 9.22. The maximum Gasteiger partial charge on any atom is 0.258 e. The fourth-order valence-corrected chi connectivity index (χ4v) is 1.82. The maximum absolute atomic E-state index is 12.3. The topological polar surface area (TPSA) is 54.0 Å². The van der Waals surface area contributed by atoms with Crippen LogP contribution in [0.4, 0.5) is 11.5 Å². The highest BCUT2D eigenvalue weighted by Crippen LogP contribution is 2.17. The van der Waals surface area contributed by atoms with Gasteiger partial charge in [0.2, 0.25) is 0 Å². The molecule has 4 nitrogen and oxygen atoms in total. The maximum atomic E-state index is 12.3. The molecule has 19 heavy (non-hydrogen) atoms. The molecule has 2 aromatic rings. The third kappa shape index (κ3) is 3.10. The van der Waals surface area contributed by atoms with Crippen LogP contribution in [0, 0.1) is 6.92 Å². The first kappa shape index (κ1) is 13.1. The minimum atomic E-state index is -0.154. The molecule has 98 valence electrons. The van der Waals surface area contributed by atoms with E-state index in [1.54, 1.807) is 12.3 Å². The van der Waals surface area contributed by atoms with Gasteiger partial charge in [-0.2, -0.15) is 0 Å². The summed E-state index contributed by atoms with van der Waals surface area (Å²) in [6.07, 6.45) is 1.67. The Morgan fingerprint density at radius 2 is 2.00 bits per heavy atom. The van der Waals surface area contributed by atoms with Crippen molar-refractivity contribution in [2.75, 3.05) is 17.2 Å². The summed E-state index contributed by atoms with van der Waals surface area (Å²) >= 11 is 0. The van der Waals surface area contributed by atoms with Crippen molar-refractivity contribution in [2.45, 2.75) is 13.8 Å². The molecule has 0 bridgehead atoms. The molecule has 2 rings (SSSR count). The molecule has 1 heterocycles. The van der Waals surface area contributed by atoms with Gasteiger partial charge in [-0.25, -0.2) is 4.98 Å². The van der Waals surface area contributed by atoms with Crippen molar-refractivity contribution in [3.05, 3.63) is 53.7 Å². The van der Waals surface area contributed by atoms with E-state index in [9.17, 15) is 4.79 Å². The summed E-state index contributed by atoms with van der Waals surface area (Å²) in [5, 5.41) is 6.01. The second-order valence-corrected chi connectivity index (χ2v) is 4.20. The number of anilines is 2. The van der Waals surface area contributed by atoms with E-state index in [1.165, 1.54) is 0 Å². The minimum absolute atomic E-state index is 0.154. The minimum Gasteiger partial charge on any atom is -0.385 e. The lowest BCUT2D eigenvalue weighted by Gasteiger charge is -2.11. The van der Waals surface area contributed by atoms with Crippen molar-refractivity contribution < 1.29 is 4.79 Å². The standard InChI is InChI=1S/C15H17N3O/c1-3-16-13-9-5-4-8-12(13)15(19)18-14-11(2)7-6-10-17-14/h4-10,16H,3H2,1-2H3,(H,17,18,19). The molecule has 0 atom stereocenters. The summed E-state index contributed by atoms with van der Waals surface area (Å²) in [4.78, 5) is 16.4. The van der Waals surface area contributed by atoms with Gasteiger partial charge in [0.1, 0.15) is 5.82 Å². The van der Waals surface area contributed by atoms with Gasteiger partial charge in [-0.05, 0) is 37.6 Å². The van der Waals surface area contributed by atoms with Crippen molar-refractivity contribution in [1.29, 1.82) is 0 Å². The van der Waals surface area contributed by atoms with Crippen LogP contribution in [0.25, 0.3) is 0 Å². The van der Waals surface area contributed by atoms with Gasteiger partial charge in [0.05, 0.1) is 5.56 Å². The molecule has 0 saturated carbocycles. The summed E-state index contributed by atoms with van der Waals surface area (Å²) in [6, 6.07) is 11.2. The molecular weight excluding hydrogens is 238 g/mol. The van der Waals surface area contributed by atoms with Crippen molar-refractivity contribution in [3.63, 3.8) is 0 Å². The Morgan fingerprint density at radius 3 is 2.74 bits per heavy atom. The summed E-state index contributed by atoms with van der Waals surface area (Å²) in [5.41, 5.74) is 2.39. The molecule has 1 aromatic heterocycles. The molecule has 0 aliphatic heterocycles. The van der Waals surface area contributed by atoms with E-state index in [2.05, 4.69) is 15.6 Å². The predicted octanol–water partition coefficient (Wildman–Crippen LogP) is 3.07. The molecule has 0 aliphatic rings. The molecule has 0 spiro atoms. The number of nitrogens with zero attached hydrogens (tertiary/aromatic N) is 1. The third-order valence-electron chi connectivity index (χ3n) is 2.78. The fraction of sp³-hybridized carbons (Fsp3) is 0.200. The van der Waals surface area contributed by atoms with Crippen LogP contribution in [0.3, 0.4) is 0 Å². The first-order valence-corrected chi connectivity index (χ1v) is 6.28. The number of rotatable bonds is 4. The van der Waals surface area contributed by atoms with Crippen LogP contribution in [0.2, 0.25) is 0 Å². The van der Waals surface area contributed by atoms with Crippen molar-refractivity contribution in [2.24, 2.45) is 0 Å². The zero-order valence-corrected chi connectivity index (χ0v) is 11.1. The Morgan fingerprint density at radius 1 is 1.21 bits per heavy atom. The van der Waals surface area contributed by atoms with E-state index in [-0.39, 0.29) is 5.91 Å². The smallest absolute Gasteiger partial charge is 0.258 e. The van der Waals surface area contributed by atoms with Crippen LogP contribution < -0.4 is 10.6 Å². The number of pyridine rings is 1. The number of hydrogen-bond acceptors (Lipinski definition) is 3. The number of amides is 1. The van der Waals surface area contributed by atoms with Crippen LogP contribution in [0.15, 0.2) is 42.6 Å². The molecule has 1 amide bonds. The molecule has 4 heteroatoms. The monoisotopic (exact) mass is 255 g/mol. The summed E-state index contributed by atoms with van der Waals surface area (Å²) in [7, 11) is 0. The number of benzene rings is 1. The van der Waals surface area contributed by atoms with Gasteiger partial charge in [0, 0.05) is 18.4 Å². The van der Waals surface area contributed by atoms with Crippen LogP contribution in [-0.4, -0.2) is 17.4 Å². The quantitative estimate of drug-likeness (QED) is 0.882. The third-order valence-corrected chi connectivity index (χ3v) is 2.78. The van der Waals surface area contributed by atoms with Gasteiger partial charge in [0.15, 0.2) is 0 Å². The molecule has 2 N–H and O–H groups in total. The number of carbonyl (C=O) groups is 1. The molecule has 0 fully saturated rings. The second kappa shape index (κ2) is 6.00. The number of carbonyl (C=O) groups excluding carboxylic acids is 1. The van der Waals surface area contributed by atoms with Crippen LogP contribution >= 0.6 is 0 Å². The number of hydrogen-bond donors (Lipinski definition) is 2. The van der Waals surface area contributed by atoms with Crippen LogP contribution in [0.5, 0.6) is 0 Å². The lowest BCUT2D eigenvalue weighted by Crippen LogP contribution is -2.16. The van der Waals surface area contributed by atoms with E-state index >= 15 is 0 Å². The Balaban J connectivity index is 2.23. The summed E-state index contributed by atoms with van der Waals surface area (Å²) < 4.78 is 0. The number of nitrogens with one attached hydrogen (secondary N) is 2. The molecule has 0 saturated heterocycles. The van der Waals surface area contributed by atoms with Crippen molar-refractivity contribution in [1.82, 2.24) is 4.98 Å². The SMILES string of the molecule is CCNc1ccccc1C(=O)Nc1ncccc1C. The Bertz CT molecular complexity index is 581. The lowest BCUT2D eigenvalue weighted by atomic mass is 10.1. The van der Waals surface area contributed by atoms with Crippen LogP contribution in [0.1, 0.15) is 22.8 Å². The Labute approximate surface area is 112 Å². The zero-order chi connectivity index (χ0) is 13.7. The van der Waals surface area contributed by atoms with Gasteiger partial charge < -0.3 is 10.6 Å². The van der Waals surface area contributed by atoms with E-state index in [0.717, 1.165) is 17.8 Å². The first-order valence-electron chi connectivity index (χ1n) is 6.28. The molecule has 0 aliphatic carbocycles. The van der Waals surface area contributed by atoms with Gasteiger partial charge in [0.25, 0.3) is 5.91 Å². The van der Waals surface area contributed by atoms with E-state index in [0.29, 0.717) is 11.4 Å². The number of aromatic nitrogens is 1. The highest BCUT2D eigenvalue weighted by atomic mass is 16.1. The molecule has 0 unspecified atom stereocenters. The van der Waals surface area contributed by atoms with E-state index in [1.807, 2.05) is 44.2 Å². The predicted molar refractivity (Wildman–Crippen MR) is 77.5 cm³/mol. The summed E-state index contributed by atoms with van der Waals surface area (Å²) in [6.45, 7) is 4.68. The molecule has 0 radical (unpaired) electrons. The van der Waals surface area contributed by atoms with E-state index < -0.39 is 0 Å².